The molecule has 0 aromatic rings. The third-order valence-electron chi connectivity index (χ3n) is 1.70. The molecule has 0 radical (unpaired) electrons. The summed E-state index contributed by atoms with van der Waals surface area (Å²) < 4.78 is 0. The molecule has 0 spiro atoms. The second kappa shape index (κ2) is 5.22. The van der Waals surface area contributed by atoms with Crippen LogP contribution in [0.1, 0.15) is 40.5 Å². The lowest BCUT2D eigenvalue weighted by Gasteiger charge is -2.17. The van der Waals surface area contributed by atoms with Crippen LogP contribution in [0.25, 0.3) is 0 Å². The molecule has 1 unspecified atom stereocenters. The minimum Gasteiger partial charge on any atom is -0.392 e. The minimum absolute atomic E-state index is 0.0239. The Labute approximate surface area is 80.5 Å². The normalized spacial score (nSPS) is 13.9. The van der Waals surface area contributed by atoms with Crippen LogP contribution in [0.15, 0.2) is 0 Å². The van der Waals surface area contributed by atoms with Gasteiger partial charge in [0.1, 0.15) is 0 Å². The van der Waals surface area contributed by atoms with Crippen molar-refractivity contribution in [2.45, 2.75) is 46.6 Å². The fourth-order valence-electron chi connectivity index (χ4n) is 0.838. The van der Waals surface area contributed by atoms with Crippen molar-refractivity contribution in [2.75, 3.05) is 6.54 Å². The van der Waals surface area contributed by atoms with Gasteiger partial charge in [-0.25, -0.2) is 0 Å². The van der Waals surface area contributed by atoms with Crippen LogP contribution in [0, 0.1) is 5.41 Å². The molecule has 0 saturated heterocycles. The van der Waals surface area contributed by atoms with Gasteiger partial charge < -0.3 is 10.4 Å². The van der Waals surface area contributed by atoms with Crippen molar-refractivity contribution in [1.29, 1.82) is 0 Å². The molecule has 13 heavy (non-hydrogen) atoms. The van der Waals surface area contributed by atoms with Crippen molar-refractivity contribution < 1.29 is 9.90 Å². The quantitative estimate of drug-likeness (QED) is 0.697. The number of carbonyl (C=O) groups is 1. The third-order valence-corrected chi connectivity index (χ3v) is 1.70. The van der Waals surface area contributed by atoms with Crippen LogP contribution in [-0.4, -0.2) is 23.7 Å². The molecule has 0 aromatic carbocycles. The number of nitrogens with one attached hydrogen (secondary N) is 1. The average Bonchev–Trinajstić information content (AvgIpc) is 1.95. The fourth-order valence-corrected chi connectivity index (χ4v) is 0.838. The molecule has 0 aliphatic heterocycles. The summed E-state index contributed by atoms with van der Waals surface area (Å²) in [5, 5.41) is 11.6. The van der Waals surface area contributed by atoms with Gasteiger partial charge in [0.15, 0.2) is 0 Å². The molecule has 1 atom stereocenters. The second-order valence-corrected chi connectivity index (χ2v) is 4.71. The number of rotatable bonds is 4. The Kier molecular flexibility index (Phi) is 4.99. The molecule has 0 aliphatic carbocycles. The predicted octanol–water partition coefficient (Wildman–Crippen LogP) is 1.31. The van der Waals surface area contributed by atoms with Crippen LogP contribution in [-0.2, 0) is 4.79 Å². The predicted molar refractivity (Wildman–Crippen MR) is 53.4 cm³/mol. The zero-order valence-corrected chi connectivity index (χ0v) is 9.05. The Bertz CT molecular complexity index is 159. The molecule has 3 nitrogen and oxygen atoms in total. The van der Waals surface area contributed by atoms with Crippen molar-refractivity contribution in [1.82, 2.24) is 5.32 Å². The van der Waals surface area contributed by atoms with Crippen LogP contribution in [0.4, 0.5) is 0 Å². The highest BCUT2D eigenvalue weighted by atomic mass is 16.3. The van der Waals surface area contributed by atoms with Crippen LogP contribution >= 0.6 is 0 Å². The van der Waals surface area contributed by atoms with E-state index in [-0.39, 0.29) is 11.3 Å². The maximum Gasteiger partial charge on any atom is 0.220 e. The first kappa shape index (κ1) is 12.4. The van der Waals surface area contributed by atoms with Gasteiger partial charge in [-0.15, -0.1) is 0 Å². The van der Waals surface area contributed by atoms with Gasteiger partial charge in [0.25, 0.3) is 0 Å². The number of aliphatic hydroxyl groups excluding tert-OH is 1. The van der Waals surface area contributed by atoms with E-state index in [1.54, 1.807) is 6.92 Å². The summed E-state index contributed by atoms with van der Waals surface area (Å²) in [6, 6.07) is 0. The van der Waals surface area contributed by atoms with Gasteiger partial charge in [-0.3, -0.25) is 4.79 Å². The first-order chi connectivity index (χ1) is 5.81. The Balaban J connectivity index is 3.53. The van der Waals surface area contributed by atoms with Gasteiger partial charge in [0, 0.05) is 13.0 Å². The van der Waals surface area contributed by atoms with Crippen LogP contribution in [0.3, 0.4) is 0 Å². The highest BCUT2D eigenvalue weighted by Crippen LogP contribution is 2.19. The molecule has 0 saturated carbocycles. The largest absolute Gasteiger partial charge is 0.392 e. The van der Waals surface area contributed by atoms with Gasteiger partial charge in [-0.2, -0.15) is 0 Å². The molecular weight excluding hydrogens is 166 g/mol. The van der Waals surface area contributed by atoms with Crippen LogP contribution in [0.5, 0.6) is 0 Å². The van der Waals surface area contributed by atoms with Crippen molar-refractivity contribution in [3.05, 3.63) is 0 Å². The first-order valence-electron chi connectivity index (χ1n) is 4.76. The summed E-state index contributed by atoms with van der Waals surface area (Å²) in [5.74, 6) is 0.0239. The fraction of sp³-hybridized carbons (Fsp3) is 0.900. The summed E-state index contributed by atoms with van der Waals surface area (Å²) >= 11 is 0. The zero-order chi connectivity index (χ0) is 10.5. The first-order valence-corrected chi connectivity index (χ1v) is 4.76. The van der Waals surface area contributed by atoms with E-state index in [1.165, 1.54) is 0 Å². The molecule has 2 N–H and O–H groups in total. The smallest absolute Gasteiger partial charge is 0.220 e. The van der Waals surface area contributed by atoms with Gasteiger partial charge in [-0.1, -0.05) is 20.8 Å². The maximum absolute atomic E-state index is 11.2. The van der Waals surface area contributed by atoms with Crippen LogP contribution in [0.2, 0.25) is 0 Å². The molecule has 1 amide bonds. The lowest BCUT2D eigenvalue weighted by Crippen LogP contribution is -2.31. The maximum atomic E-state index is 11.2. The van der Waals surface area contributed by atoms with E-state index in [0.717, 1.165) is 6.42 Å². The molecule has 0 aliphatic rings. The molecule has 0 rings (SSSR count). The molecule has 0 heterocycles. The number of hydrogen-bond donors (Lipinski definition) is 2. The summed E-state index contributed by atoms with van der Waals surface area (Å²) in [5.41, 5.74) is 0.197. The molecule has 0 fully saturated rings. The van der Waals surface area contributed by atoms with E-state index in [9.17, 15) is 4.79 Å². The van der Waals surface area contributed by atoms with Crippen molar-refractivity contribution in [3.8, 4) is 0 Å². The van der Waals surface area contributed by atoms with Crippen molar-refractivity contribution in [3.63, 3.8) is 0 Å². The molecule has 0 aromatic heterocycles. The van der Waals surface area contributed by atoms with E-state index in [0.29, 0.717) is 13.0 Å². The SMILES string of the molecule is CC(O)CNC(=O)CCC(C)(C)C. The minimum atomic E-state index is -0.460. The topological polar surface area (TPSA) is 49.3 Å². The van der Waals surface area contributed by atoms with Gasteiger partial charge in [-0.05, 0) is 18.8 Å². The van der Waals surface area contributed by atoms with E-state index in [2.05, 4.69) is 26.1 Å². The Morgan fingerprint density at radius 2 is 2.00 bits per heavy atom. The standard InChI is InChI=1S/C10H21NO2/c1-8(12)7-11-9(13)5-6-10(2,3)4/h8,12H,5-7H2,1-4H3,(H,11,13). The molecule has 3 heteroatoms. The van der Waals surface area contributed by atoms with Crippen molar-refractivity contribution >= 4 is 5.91 Å². The van der Waals surface area contributed by atoms with E-state index < -0.39 is 6.10 Å². The summed E-state index contributed by atoms with van der Waals surface area (Å²) in [6.07, 6.45) is 0.952. The number of aliphatic hydroxyl groups is 1. The number of carbonyl (C=O) groups excluding carboxylic acids is 1. The second-order valence-electron chi connectivity index (χ2n) is 4.71. The summed E-state index contributed by atoms with van der Waals surface area (Å²) in [7, 11) is 0. The summed E-state index contributed by atoms with van der Waals surface area (Å²) in [4.78, 5) is 11.2. The molecule has 78 valence electrons. The van der Waals surface area contributed by atoms with Crippen molar-refractivity contribution in [2.24, 2.45) is 5.41 Å². The Morgan fingerprint density at radius 3 is 2.38 bits per heavy atom. The lowest BCUT2D eigenvalue weighted by molar-refractivity contribution is -0.122. The highest BCUT2D eigenvalue weighted by Gasteiger charge is 2.12. The van der Waals surface area contributed by atoms with E-state index in [4.69, 9.17) is 5.11 Å². The zero-order valence-electron chi connectivity index (χ0n) is 9.05. The monoisotopic (exact) mass is 187 g/mol. The van der Waals surface area contributed by atoms with Gasteiger partial charge in [0.2, 0.25) is 5.91 Å². The molecular formula is C10H21NO2. The highest BCUT2D eigenvalue weighted by molar-refractivity contribution is 5.75. The summed E-state index contributed by atoms with van der Waals surface area (Å²) in [6.45, 7) is 8.33. The van der Waals surface area contributed by atoms with Gasteiger partial charge >= 0.3 is 0 Å². The van der Waals surface area contributed by atoms with Gasteiger partial charge in [0.05, 0.1) is 6.10 Å². The Morgan fingerprint density at radius 1 is 1.46 bits per heavy atom. The lowest BCUT2D eigenvalue weighted by atomic mass is 9.90. The number of hydrogen-bond acceptors (Lipinski definition) is 2. The number of amides is 1. The average molecular weight is 187 g/mol. The Hall–Kier alpha value is -0.570. The van der Waals surface area contributed by atoms with E-state index >= 15 is 0 Å². The van der Waals surface area contributed by atoms with E-state index in [1.807, 2.05) is 0 Å². The van der Waals surface area contributed by atoms with Crippen LogP contribution < -0.4 is 5.32 Å². The third kappa shape index (κ3) is 9.34. The molecule has 0 bridgehead atoms.